The smallest absolute Gasteiger partial charge is 0.243 e. The van der Waals surface area contributed by atoms with Gasteiger partial charge in [0.25, 0.3) is 0 Å². The fraction of sp³-hybridized carbons (Fsp3) is 0.148. The van der Waals surface area contributed by atoms with Crippen LogP contribution in [0, 0.1) is 0 Å². The number of para-hydroxylation sites is 1. The number of rotatable bonds is 11. The standard InChI is InChI=1S/C27H27N5O2S/c1-19(8-2-5-12-27(33)32-34)29-24-10-3-4-11-26(24)35-21-14-15-22-23(30-31-25(22)18-21)16-13-20-9-6-7-17-28-20/h3-4,6-7,9-11,13-18,29,34H,1-2,5,8,12H2,(H,30,31)(H,32,33)/b16-13+. The van der Waals surface area contributed by atoms with Gasteiger partial charge in [-0.1, -0.05) is 36.5 Å². The number of pyridine rings is 1. The number of H-pyrrole nitrogens is 1. The maximum Gasteiger partial charge on any atom is 0.243 e. The first kappa shape index (κ1) is 24.3. The lowest BCUT2D eigenvalue weighted by atomic mass is 10.1. The van der Waals surface area contributed by atoms with E-state index < -0.39 is 0 Å². The maximum atomic E-state index is 11.1. The molecule has 178 valence electrons. The van der Waals surface area contributed by atoms with Crippen LogP contribution in [0.3, 0.4) is 0 Å². The Balaban J connectivity index is 1.40. The molecule has 0 saturated heterocycles. The second-order valence-corrected chi connectivity index (χ2v) is 9.09. The molecule has 0 aliphatic rings. The van der Waals surface area contributed by atoms with Gasteiger partial charge in [0.05, 0.1) is 22.6 Å². The third-order valence-corrected chi connectivity index (χ3v) is 6.41. The van der Waals surface area contributed by atoms with Crippen molar-refractivity contribution in [3.8, 4) is 0 Å². The van der Waals surface area contributed by atoms with Crippen LogP contribution in [0.4, 0.5) is 5.69 Å². The molecule has 8 heteroatoms. The molecule has 0 aliphatic carbocycles. The van der Waals surface area contributed by atoms with Crippen molar-refractivity contribution in [2.75, 3.05) is 5.32 Å². The number of carbonyl (C=O) groups is 1. The minimum absolute atomic E-state index is 0.299. The number of fused-ring (bicyclic) bond motifs is 1. The molecule has 2 heterocycles. The van der Waals surface area contributed by atoms with Crippen LogP contribution in [0.25, 0.3) is 23.1 Å². The molecule has 1 amide bonds. The van der Waals surface area contributed by atoms with E-state index in [1.165, 1.54) is 0 Å². The van der Waals surface area contributed by atoms with Gasteiger partial charge in [-0.15, -0.1) is 0 Å². The predicted octanol–water partition coefficient (Wildman–Crippen LogP) is 6.27. The summed E-state index contributed by atoms with van der Waals surface area (Å²) in [6, 6.07) is 20.2. The lowest BCUT2D eigenvalue weighted by Gasteiger charge is -2.14. The van der Waals surface area contributed by atoms with Crippen LogP contribution >= 0.6 is 11.8 Å². The van der Waals surface area contributed by atoms with Gasteiger partial charge >= 0.3 is 0 Å². The number of nitrogens with one attached hydrogen (secondary N) is 3. The van der Waals surface area contributed by atoms with Crippen LogP contribution in [0.15, 0.2) is 88.9 Å². The van der Waals surface area contributed by atoms with Gasteiger partial charge in [-0.2, -0.15) is 5.10 Å². The Bertz CT molecular complexity index is 1330. The van der Waals surface area contributed by atoms with Crippen molar-refractivity contribution in [2.45, 2.75) is 35.5 Å². The average Bonchev–Trinajstić information content (AvgIpc) is 3.29. The van der Waals surface area contributed by atoms with E-state index in [9.17, 15) is 4.79 Å². The molecule has 4 rings (SSSR count). The molecule has 0 radical (unpaired) electrons. The van der Waals surface area contributed by atoms with Crippen LogP contribution in [0.1, 0.15) is 37.1 Å². The van der Waals surface area contributed by atoms with Crippen LogP contribution in [-0.4, -0.2) is 26.3 Å². The molecule has 0 unspecified atom stereocenters. The Kier molecular flexibility index (Phi) is 8.32. The first-order valence-electron chi connectivity index (χ1n) is 11.3. The first-order chi connectivity index (χ1) is 17.1. The van der Waals surface area contributed by atoms with Gasteiger partial charge in [0, 0.05) is 33.5 Å². The summed E-state index contributed by atoms with van der Waals surface area (Å²) in [5.41, 5.74) is 6.26. The first-order valence-corrected chi connectivity index (χ1v) is 12.2. The molecule has 4 N–H and O–H groups in total. The number of unbranched alkanes of at least 4 members (excludes halogenated alkanes) is 1. The average molecular weight is 486 g/mol. The topological polar surface area (TPSA) is 103 Å². The van der Waals surface area contributed by atoms with E-state index in [0.29, 0.717) is 12.8 Å². The molecular weight excluding hydrogens is 458 g/mol. The van der Waals surface area contributed by atoms with E-state index in [4.69, 9.17) is 5.21 Å². The highest BCUT2D eigenvalue weighted by molar-refractivity contribution is 7.99. The van der Waals surface area contributed by atoms with E-state index >= 15 is 0 Å². The lowest BCUT2D eigenvalue weighted by Crippen LogP contribution is -2.17. The highest BCUT2D eigenvalue weighted by atomic mass is 32.2. The fourth-order valence-corrected chi connectivity index (χ4v) is 4.51. The number of aromatic amines is 1. The van der Waals surface area contributed by atoms with E-state index in [-0.39, 0.29) is 5.91 Å². The Morgan fingerprint density at radius 2 is 1.89 bits per heavy atom. The van der Waals surface area contributed by atoms with Gasteiger partial charge in [0.15, 0.2) is 0 Å². The predicted molar refractivity (Wildman–Crippen MR) is 141 cm³/mol. The molecule has 0 saturated carbocycles. The zero-order chi connectivity index (χ0) is 24.5. The third-order valence-electron chi connectivity index (χ3n) is 5.35. The molecule has 0 bridgehead atoms. The normalized spacial score (nSPS) is 11.1. The summed E-state index contributed by atoms with van der Waals surface area (Å²) in [6.07, 6.45) is 8.23. The molecule has 0 fully saturated rings. The van der Waals surface area contributed by atoms with Gasteiger partial charge in [-0.3, -0.25) is 20.1 Å². The van der Waals surface area contributed by atoms with E-state index in [2.05, 4.69) is 51.3 Å². The molecule has 7 nitrogen and oxygen atoms in total. The molecule has 2 aromatic heterocycles. The number of hydrogen-bond acceptors (Lipinski definition) is 6. The molecular formula is C27H27N5O2S. The number of hydrogen-bond donors (Lipinski definition) is 4. The van der Waals surface area contributed by atoms with Crippen LogP contribution in [0.5, 0.6) is 0 Å². The van der Waals surface area contributed by atoms with Crippen molar-refractivity contribution >= 4 is 46.4 Å². The molecule has 0 aliphatic heterocycles. The summed E-state index contributed by atoms with van der Waals surface area (Å²) >= 11 is 1.67. The number of allylic oxidation sites excluding steroid dienone is 1. The Morgan fingerprint density at radius 3 is 2.71 bits per heavy atom. The number of hydroxylamine groups is 1. The Labute approximate surface area is 208 Å². The van der Waals surface area contributed by atoms with Gasteiger partial charge in [-0.25, -0.2) is 5.48 Å². The monoisotopic (exact) mass is 485 g/mol. The van der Waals surface area contributed by atoms with Gasteiger partial charge in [0.1, 0.15) is 0 Å². The van der Waals surface area contributed by atoms with Gasteiger partial charge < -0.3 is 5.32 Å². The SMILES string of the molecule is C=C(CCCCC(=O)NO)Nc1ccccc1Sc1ccc2c(/C=C/c3ccccn3)n[nH]c2c1. The second kappa shape index (κ2) is 12.0. The third kappa shape index (κ3) is 6.81. The zero-order valence-corrected chi connectivity index (χ0v) is 20.0. The van der Waals surface area contributed by atoms with Crippen molar-refractivity contribution in [3.63, 3.8) is 0 Å². The van der Waals surface area contributed by atoms with Crippen molar-refractivity contribution < 1.29 is 10.0 Å². The quantitative estimate of drug-likeness (QED) is 0.113. The number of benzene rings is 2. The maximum absolute atomic E-state index is 11.1. The van der Waals surface area contributed by atoms with Crippen LogP contribution in [0.2, 0.25) is 0 Å². The fourth-order valence-electron chi connectivity index (χ4n) is 3.57. The Hall–Kier alpha value is -3.88. The van der Waals surface area contributed by atoms with Crippen LogP contribution < -0.4 is 10.8 Å². The molecule has 35 heavy (non-hydrogen) atoms. The summed E-state index contributed by atoms with van der Waals surface area (Å²) in [5, 5.41) is 20.6. The largest absolute Gasteiger partial charge is 0.359 e. The number of amides is 1. The summed E-state index contributed by atoms with van der Waals surface area (Å²) in [7, 11) is 0. The second-order valence-electron chi connectivity index (χ2n) is 7.97. The van der Waals surface area contributed by atoms with Crippen molar-refractivity contribution in [1.29, 1.82) is 0 Å². The summed E-state index contributed by atoms with van der Waals surface area (Å²) in [6.45, 7) is 4.12. The molecule has 0 atom stereocenters. The summed E-state index contributed by atoms with van der Waals surface area (Å²) in [4.78, 5) is 17.6. The van der Waals surface area contributed by atoms with E-state index in [1.807, 2.05) is 48.6 Å². The van der Waals surface area contributed by atoms with Crippen molar-refractivity contribution in [2.24, 2.45) is 0 Å². The molecule has 2 aromatic carbocycles. The zero-order valence-electron chi connectivity index (χ0n) is 19.2. The Morgan fingerprint density at radius 1 is 1.06 bits per heavy atom. The summed E-state index contributed by atoms with van der Waals surface area (Å²) < 4.78 is 0. The number of nitrogens with zero attached hydrogens (tertiary/aromatic N) is 2. The summed E-state index contributed by atoms with van der Waals surface area (Å²) in [5.74, 6) is -0.365. The van der Waals surface area contributed by atoms with E-state index in [1.54, 1.807) is 23.4 Å². The lowest BCUT2D eigenvalue weighted by molar-refractivity contribution is -0.129. The number of aromatic nitrogens is 3. The van der Waals surface area contributed by atoms with Gasteiger partial charge in [-0.05, 0) is 73.9 Å². The van der Waals surface area contributed by atoms with Crippen LogP contribution in [-0.2, 0) is 4.79 Å². The molecule has 0 spiro atoms. The molecule has 4 aromatic rings. The van der Waals surface area contributed by atoms with Crippen molar-refractivity contribution in [1.82, 2.24) is 20.7 Å². The minimum Gasteiger partial charge on any atom is -0.359 e. The highest BCUT2D eigenvalue weighted by Crippen LogP contribution is 2.35. The minimum atomic E-state index is -0.365. The van der Waals surface area contributed by atoms with E-state index in [0.717, 1.165) is 56.3 Å². The number of anilines is 1. The van der Waals surface area contributed by atoms with Crippen molar-refractivity contribution in [3.05, 3.63) is 90.5 Å². The number of carbonyl (C=O) groups excluding carboxylic acids is 1. The highest BCUT2D eigenvalue weighted by Gasteiger charge is 2.09. The van der Waals surface area contributed by atoms with Gasteiger partial charge in [0.2, 0.25) is 5.91 Å².